The summed E-state index contributed by atoms with van der Waals surface area (Å²) in [5.74, 6) is 0.194. The van der Waals surface area contributed by atoms with Crippen LogP contribution < -0.4 is 14.4 Å². The summed E-state index contributed by atoms with van der Waals surface area (Å²) in [7, 11) is -7.56. The number of carbonyl (C=O) groups excluding carboxylic acids is 1. The van der Waals surface area contributed by atoms with Crippen molar-refractivity contribution in [1.29, 1.82) is 0 Å². The van der Waals surface area contributed by atoms with Gasteiger partial charge >= 0.3 is 0 Å². The molecule has 10 nitrogen and oxygen atoms in total. The lowest BCUT2D eigenvalue weighted by molar-refractivity contribution is -0.120. The quantitative estimate of drug-likeness (QED) is 0.572. The fraction of sp³-hybridized carbons (Fsp3) is 0.458. The lowest BCUT2D eigenvalue weighted by atomic mass is 9.89. The Bertz CT molecular complexity index is 1320. The van der Waals surface area contributed by atoms with Crippen LogP contribution in [0.3, 0.4) is 0 Å². The third kappa shape index (κ3) is 5.83. The molecule has 1 unspecified atom stereocenters. The van der Waals surface area contributed by atoms with Crippen molar-refractivity contribution in [3.63, 3.8) is 0 Å². The highest BCUT2D eigenvalue weighted by Gasteiger charge is 2.35. The molecule has 1 N–H and O–H groups in total. The number of anilines is 1. The molecule has 1 saturated heterocycles. The smallest absolute Gasteiger partial charge is 0.243 e. The molecule has 2 aromatic carbocycles. The number of hydrogen-bond donors (Lipinski definition) is 1. The molecule has 0 aliphatic carbocycles. The Morgan fingerprint density at radius 2 is 1.69 bits per heavy atom. The zero-order chi connectivity index (χ0) is 26.1. The van der Waals surface area contributed by atoms with Gasteiger partial charge in [-0.15, -0.1) is 0 Å². The van der Waals surface area contributed by atoms with Crippen LogP contribution in [0.5, 0.6) is 5.75 Å². The van der Waals surface area contributed by atoms with Gasteiger partial charge in [-0.1, -0.05) is 18.2 Å². The number of ether oxygens (including phenoxy) is 2. The van der Waals surface area contributed by atoms with Gasteiger partial charge < -0.3 is 14.8 Å². The second kappa shape index (κ2) is 10.0. The Labute approximate surface area is 212 Å². The Morgan fingerprint density at radius 3 is 2.33 bits per heavy atom. The van der Waals surface area contributed by atoms with Gasteiger partial charge in [0.15, 0.2) is 0 Å². The van der Waals surface area contributed by atoms with Gasteiger partial charge in [-0.25, -0.2) is 16.8 Å². The molecule has 2 aliphatic rings. The number of benzene rings is 2. The first-order chi connectivity index (χ1) is 16.9. The van der Waals surface area contributed by atoms with E-state index in [2.05, 4.69) is 5.32 Å². The predicted molar refractivity (Wildman–Crippen MR) is 135 cm³/mol. The van der Waals surface area contributed by atoms with E-state index in [0.717, 1.165) is 16.1 Å². The molecule has 196 valence electrons. The van der Waals surface area contributed by atoms with Crippen molar-refractivity contribution in [2.45, 2.75) is 36.8 Å². The van der Waals surface area contributed by atoms with E-state index in [1.165, 1.54) is 28.6 Å². The van der Waals surface area contributed by atoms with Crippen LogP contribution in [0, 0.1) is 0 Å². The van der Waals surface area contributed by atoms with E-state index in [0.29, 0.717) is 25.4 Å². The maximum absolute atomic E-state index is 13.0. The van der Waals surface area contributed by atoms with Crippen LogP contribution in [0.15, 0.2) is 53.4 Å². The average Bonchev–Trinajstić information content (AvgIpc) is 2.82. The third-order valence-corrected chi connectivity index (χ3v) is 9.19. The number of morpholine rings is 1. The van der Waals surface area contributed by atoms with E-state index in [1.54, 1.807) is 0 Å². The molecular weight excluding hydrogens is 506 g/mol. The van der Waals surface area contributed by atoms with E-state index in [9.17, 15) is 21.6 Å². The van der Waals surface area contributed by atoms with Gasteiger partial charge in [0, 0.05) is 25.1 Å². The van der Waals surface area contributed by atoms with Crippen LogP contribution in [0.2, 0.25) is 0 Å². The summed E-state index contributed by atoms with van der Waals surface area (Å²) in [4.78, 5) is 13.1. The van der Waals surface area contributed by atoms with E-state index in [1.807, 2.05) is 38.1 Å². The Morgan fingerprint density at radius 1 is 1.06 bits per heavy atom. The van der Waals surface area contributed by atoms with Gasteiger partial charge in [-0.05, 0) is 44.2 Å². The van der Waals surface area contributed by atoms with E-state index in [4.69, 9.17) is 9.47 Å². The van der Waals surface area contributed by atoms with Crippen LogP contribution in [-0.2, 0) is 29.6 Å². The third-order valence-electron chi connectivity index (χ3n) is 6.13. The maximum Gasteiger partial charge on any atom is 0.243 e. The first kappa shape index (κ1) is 26.4. The molecule has 4 rings (SSSR count). The van der Waals surface area contributed by atoms with Crippen LogP contribution in [0.25, 0.3) is 0 Å². The summed E-state index contributed by atoms with van der Waals surface area (Å²) in [6.45, 7) is 4.56. The summed E-state index contributed by atoms with van der Waals surface area (Å²) in [5.41, 5.74) is 0.514. The van der Waals surface area contributed by atoms with Crippen molar-refractivity contribution in [3.8, 4) is 5.75 Å². The van der Waals surface area contributed by atoms with Gasteiger partial charge in [-0.3, -0.25) is 9.10 Å². The van der Waals surface area contributed by atoms with E-state index in [-0.39, 0.29) is 29.7 Å². The molecule has 2 heterocycles. The number of rotatable bonds is 7. The normalized spacial score (nSPS) is 20.1. The number of sulfonamides is 2. The van der Waals surface area contributed by atoms with Crippen LogP contribution in [0.4, 0.5) is 5.69 Å². The monoisotopic (exact) mass is 537 g/mol. The van der Waals surface area contributed by atoms with Crippen LogP contribution in [-0.4, -0.2) is 71.8 Å². The molecular formula is C24H31N3O7S2. The molecule has 0 radical (unpaired) electrons. The number of fused-ring (bicyclic) bond motifs is 1. The van der Waals surface area contributed by atoms with Gasteiger partial charge in [0.05, 0.1) is 36.1 Å². The molecule has 1 atom stereocenters. The number of nitrogens with zero attached hydrogens (tertiary/aromatic N) is 2. The van der Waals surface area contributed by atoms with Crippen molar-refractivity contribution in [3.05, 3.63) is 54.1 Å². The largest absolute Gasteiger partial charge is 0.487 e. The molecule has 0 bridgehead atoms. The molecule has 1 fully saturated rings. The van der Waals surface area contributed by atoms with Gasteiger partial charge in [0.25, 0.3) is 0 Å². The van der Waals surface area contributed by atoms with Crippen molar-refractivity contribution >= 4 is 31.6 Å². The summed E-state index contributed by atoms with van der Waals surface area (Å²) < 4.78 is 64.4. The zero-order valence-electron chi connectivity index (χ0n) is 20.5. The molecule has 0 aromatic heterocycles. The lowest BCUT2D eigenvalue weighted by Crippen LogP contribution is -2.45. The Hall–Kier alpha value is -2.67. The van der Waals surface area contributed by atoms with Gasteiger partial charge in [-0.2, -0.15) is 4.31 Å². The average molecular weight is 538 g/mol. The fourth-order valence-electron chi connectivity index (χ4n) is 4.42. The highest BCUT2D eigenvalue weighted by molar-refractivity contribution is 7.92. The number of para-hydroxylation sites is 1. The van der Waals surface area contributed by atoms with Gasteiger partial charge in [0.2, 0.25) is 26.0 Å². The minimum atomic E-state index is -3.83. The minimum absolute atomic E-state index is 0.0482. The van der Waals surface area contributed by atoms with Crippen molar-refractivity contribution in [1.82, 2.24) is 9.62 Å². The number of hydrogen-bond acceptors (Lipinski definition) is 7. The fourth-order valence-corrected chi connectivity index (χ4v) is 6.69. The lowest BCUT2D eigenvalue weighted by Gasteiger charge is -2.38. The van der Waals surface area contributed by atoms with Gasteiger partial charge in [0.1, 0.15) is 17.9 Å². The minimum Gasteiger partial charge on any atom is -0.487 e. The first-order valence-electron chi connectivity index (χ1n) is 11.6. The number of amides is 1. The van der Waals surface area contributed by atoms with Crippen molar-refractivity contribution < 1.29 is 31.1 Å². The summed E-state index contributed by atoms with van der Waals surface area (Å²) in [6.07, 6.45) is 1.52. The molecule has 0 saturated carbocycles. The van der Waals surface area contributed by atoms with E-state index < -0.39 is 38.1 Å². The molecule has 12 heteroatoms. The second-order valence-corrected chi connectivity index (χ2v) is 13.3. The van der Waals surface area contributed by atoms with Crippen molar-refractivity contribution in [2.75, 3.05) is 43.4 Å². The maximum atomic E-state index is 13.0. The molecule has 1 amide bonds. The predicted octanol–water partition coefficient (Wildman–Crippen LogP) is 1.89. The molecule has 0 spiro atoms. The van der Waals surface area contributed by atoms with Crippen LogP contribution in [0.1, 0.15) is 31.9 Å². The van der Waals surface area contributed by atoms with Crippen LogP contribution >= 0.6 is 0 Å². The standard InChI is InChI=1S/C24H31N3O7S2/c1-24(2)16-21(20-6-4-5-7-22(20)34-24)25-23(28)17-27(35(3,29)30)18-8-10-19(11-9-18)36(31,32)26-12-14-33-15-13-26/h4-11,21H,12-17H2,1-3H3,(H,25,28). The Kier molecular flexibility index (Phi) is 7.33. The second-order valence-electron chi connectivity index (χ2n) is 9.50. The number of nitrogens with one attached hydrogen (secondary N) is 1. The zero-order valence-corrected chi connectivity index (χ0v) is 22.1. The summed E-state index contributed by atoms with van der Waals surface area (Å²) >= 11 is 0. The molecule has 2 aliphatic heterocycles. The molecule has 36 heavy (non-hydrogen) atoms. The Balaban J connectivity index is 1.52. The summed E-state index contributed by atoms with van der Waals surface area (Å²) in [6, 6.07) is 12.6. The highest BCUT2D eigenvalue weighted by Crippen LogP contribution is 2.39. The molecule has 2 aromatic rings. The topological polar surface area (TPSA) is 122 Å². The summed E-state index contributed by atoms with van der Waals surface area (Å²) in [5, 5.41) is 2.94. The highest BCUT2D eigenvalue weighted by atomic mass is 32.2. The number of carbonyl (C=O) groups is 1. The van der Waals surface area contributed by atoms with E-state index >= 15 is 0 Å². The van der Waals surface area contributed by atoms with Crippen molar-refractivity contribution in [2.24, 2.45) is 0 Å². The first-order valence-corrected chi connectivity index (χ1v) is 14.9. The SMILES string of the molecule is CC1(C)CC(NC(=O)CN(c2ccc(S(=O)(=O)N3CCOCC3)cc2)S(C)(=O)=O)c2ccccc2O1.